The van der Waals surface area contributed by atoms with Gasteiger partial charge in [-0.05, 0) is 42.3 Å². The molecule has 0 aromatic heterocycles. The maximum Gasteiger partial charge on any atom is 0.221 e. The number of nitrogens with zero attached hydrogens (tertiary/aromatic N) is 1. The summed E-state index contributed by atoms with van der Waals surface area (Å²) in [6, 6.07) is 12.7. The highest BCUT2D eigenvalue weighted by Crippen LogP contribution is 2.25. The summed E-state index contributed by atoms with van der Waals surface area (Å²) in [7, 11) is 0. The van der Waals surface area contributed by atoms with E-state index < -0.39 is 0 Å². The number of nitrogens with one attached hydrogen (secondary N) is 2. The van der Waals surface area contributed by atoms with Crippen molar-refractivity contribution in [3.8, 4) is 0 Å². The summed E-state index contributed by atoms with van der Waals surface area (Å²) in [6.07, 6.45) is 0. The van der Waals surface area contributed by atoms with E-state index in [1.54, 1.807) is 12.1 Å². The molecule has 2 aromatic rings. The first kappa shape index (κ1) is 22.5. The number of guanidine groups is 1. The molecule has 1 atom stereocenters. The van der Waals surface area contributed by atoms with Crippen molar-refractivity contribution in [3.05, 3.63) is 63.6 Å². The van der Waals surface area contributed by atoms with Gasteiger partial charge in [0.1, 0.15) is 0 Å². The van der Waals surface area contributed by atoms with E-state index in [1.165, 1.54) is 6.92 Å². The van der Waals surface area contributed by atoms with Gasteiger partial charge in [0.15, 0.2) is 5.96 Å². The maximum absolute atomic E-state index is 11.1. The molecule has 0 bridgehead atoms. The average molecular weight is 507 g/mol. The average Bonchev–Trinajstić information content (AvgIpc) is 2.52. The Labute approximate surface area is 180 Å². The minimum Gasteiger partial charge on any atom is -0.370 e. The predicted octanol–water partition coefficient (Wildman–Crippen LogP) is 4.74. The SMILES string of the molecule is CC(=O)Nc1cccc(CN=C(N)NC(C)c2ccc(Cl)cc2Cl)c1.I. The molecule has 0 heterocycles. The molecule has 26 heavy (non-hydrogen) atoms. The molecule has 140 valence electrons. The van der Waals surface area contributed by atoms with Crippen molar-refractivity contribution < 1.29 is 4.79 Å². The lowest BCUT2D eigenvalue weighted by Gasteiger charge is -2.16. The number of hydrogen-bond acceptors (Lipinski definition) is 2. The van der Waals surface area contributed by atoms with E-state index in [0.29, 0.717) is 22.5 Å². The molecular formula is C18H21Cl2IN4O. The quantitative estimate of drug-likeness (QED) is 0.311. The van der Waals surface area contributed by atoms with Crippen LogP contribution < -0.4 is 16.4 Å². The Morgan fingerprint density at radius 1 is 1.23 bits per heavy atom. The molecule has 1 unspecified atom stereocenters. The third-order valence-corrected chi connectivity index (χ3v) is 4.04. The lowest BCUT2D eigenvalue weighted by atomic mass is 10.1. The zero-order valence-electron chi connectivity index (χ0n) is 14.4. The van der Waals surface area contributed by atoms with Gasteiger partial charge in [0.25, 0.3) is 0 Å². The third-order valence-electron chi connectivity index (χ3n) is 3.47. The van der Waals surface area contributed by atoms with Gasteiger partial charge in [-0.1, -0.05) is 41.4 Å². The Bertz CT molecular complexity index is 799. The summed E-state index contributed by atoms with van der Waals surface area (Å²) >= 11 is 12.1. The summed E-state index contributed by atoms with van der Waals surface area (Å²) in [4.78, 5) is 15.4. The number of carbonyl (C=O) groups is 1. The normalized spacial score (nSPS) is 12.1. The smallest absolute Gasteiger partial charge is 0.221 e. The summed E-state index contributed by atoms with van der Waals surface area (Å²) < 4.78 is 0. The van der Waals surface area contributed by atoms with E-state index in [0.717, 1.165) is 16.8 Å². The molecule has 5 nitrogen and oxygen atoms in total. The van der Waals surface area contributed by atoms with Gasteiger partial charge in [-0.15, -0.1) is 24.0 Å². The summed E-state index contributed by atoms with van der Waals surface area (Å²) in [5.74, 6) is 0.193. The highest BCUT2D eigenvalue weighted by molar-refractivity contribution is 14.0. The zero-order chi connectivity index (χ0) is 18.4. The van der Waals surface area contributed by atoms with Crippen LogP contribution in [-0.2, 0) is 11.3 Å². The van der Waals surface area contributed by atoms with E-state index in [2.05, 4.69) is 15.6 Å². The number of hydrogen-bond donors (Lipinski definition) is 3. The number of nitrogens with two attached hydrogens (primary N) is 1. The van der Waals surface area contributed by atoms with Crippen LogP contribution >= 0.6 is 47.2 Å². The van der Waals surface area contributed by atoms with Crippen molar-refractivity contribution in [1.82, 2.24) is 5.32 Å². The molecule has 0 saturated carbocycles. The Morgan fingerprint density at radius 2 is 1.96 bits per heavy atom. The number of aliphatic imine (C=N–C) groups is 1. The van der Waals surface area contributed by atoms with Crippen LogP contribution in [0.1, 0.15) is 31.0 Å². The van der Waals surface area contributed by atoms with E-state index >= 15 is 0 Å². The molecule has 0 spiro atoms. The monoisotopic (exact) mass is 506 g/mol. The van der Waals surface area contributed by atoms with Crippen LogP contribution in [0.3, 0.4) is 0 Å². The first-order chi connectivity index (χ1) is 11.8. The number of amides is 1. The van der Waals surface area contributed by atoms with Gasteiger partial charge in [-0.2, -0.15) is 0 Å². The molecule has 4 N–H and O–H groups in total. The molecule has 0 aliphatic heterocycles. The number of halogens is 3. The zero-order valence-corrected chi connectivity index (χ0v) is 18.3. The molecule has 0 aliphatic carbocycles. The first-order valence-corrected chi connectivity index (χ1v) is 8.48. The van der Waals surface area contributed by atoms with Crippen LogP contribution in [0.5, 0.6) is 0 Å². The second-order valence-corrected chi connectivity index (χ2v) is 6.46. The van der Waals surface area contributed by atoms with E-state index in [-0.39, 0.29) is 35.9 Å². The van der Waals surface area contributed by atoms with Gasteiger partial charge in [-0.3, -0.25) is 4.79 Å². The second kappa shape index (κ2) is 10.6. The van der Waals surface area contributed by atoms with Crippen LogP contribution in [0.4, 0.5) is 5.69 Å². The first-order valence-electron chi connectivity index (χ1n) is 7.73. The largest absolute Gasteiger partial charge is 0.370 e. The van der Waals surface area contributed by atoms with Crippen LogP contribution in [0.2, 0.25) is 10.0 Å². The van der Waals surface area contributed by atoms with Gasteiger partial charge in [0.05, 0.1) is 12.6 Å². The summed E-state index contributed by atoms with van der Waals surface area (Å²) in [5.41, 5.74) is 8.51. The van der Waals surface area contributed by atoms with Crippen molar-refractivity contribution in [2.24, 2.45) is 10.7 Å². The molecule has 1 amide bonds. The van der Waals surface area contributed by atoms with Gasteiger partial charge < -0.3 is 16.4 Å². The molecule has 0 saturated heterocycles. The summed E-state index contributed by atoms with van der Waals surface area (Å²) in [6.45, 7) is 3.80. The van der Waals surface area contributed by atoms with Gasteiger partial charge in [-0.25, -0.2) is 4.99 Å². The molecular weight excluding hydrogens is 486 g/mol. The summed E-state index contributed by atoms with van der Waals surface area (Å²) in [5, 5.41) is 7.00. The van der Waals surface area contributed by atoms with Gasteiger partial charge in [0, 0.05) is 22.7 Å². The standard InChI is InChI=1S/C18H20Cl2N4O.HI/c1-11(16-7-6-14(19)9-17(16)20)23-18(21)22-10-13-4-3-5-15(8-13)24-12(2)25;/h3-9,11H,10H2,1-2H3,(H,24,25)(H3,21,22,23);1H. The lowest BCUT2D eigenvalue weighted by molar-refractivity contribution is -0.114. The van der Waals surface area contributed by atoms with Crippen molar-refractivity contribution in [2.45, 2.75) is 26.4 Å². The van der Waals surface area contributed by atoms with E-state index in [9.17, 15) is 4.79 Å². The number of benzene rings is 2. The van der Waals surface area contributed by atoms with Crippen LogP contribution in [-0.4, -0.2) is 11.9 Å². The highest BCUT2D eigenvalue weighted by Gasteiger charge is 2.10. The number of anilines is 1. The number of carbonyl (C=O) groups excluding carboxylic acids is 1. The maximum atomic E-state index is 11.1. The highest BCUT2D eigenvalue weighted by atomic mass is 127. The van der Waals surface area contributed by atoms with E-state index in [1.807, 2.05) is 37.3 Å². The molecule has 8 heteroatoms. The molecule has 0 radical (unpaired) electrons. The van der Waals surface area contributed by atoms with Crippen LogP contribution in [0.15, 0.2) is 47.5 Å². The fourth-order valence-electron chi connectivity index (χ4n) is 2.33. The second-order valence-electron chi connectivity index (χ2n) is 5.61. The van der Waals surface area contributed by atoms with Crippen molar-refractivity contribution in [2.75, 3.05) is 5.32 Å². The Balaban J connectivity index is 0.00000338. The fraction of sp³-hybridized carbons (Fsp3) is 0.222. The van der Waals surface area contributed by atoms with Gasteiger partial charge >= 0.3 is 0 Å². The lowest BCUT2D eigenvalue weighted by Crippen LogP contribution is -2.34. The molecule has 2 rings (SSSR count). The topological polar surface area (TPSA) is 79.5 Å². The van der Waals surface area contributed by atoms with Gasteiger partial charge in [0.2, 0.25) is 5.91 Å². The Kier molecular flexibility index (Phi) is 9.18. The minimum absolute atomic E-state index is 0. The predicted molar refractivity (Wildman–Crippen MR) is 119 cm³/mol. The van der Waals surface area contributed by atoms with Crippen molar-refractivity contribution >= 4 is 64.7 Å². The van der Waals surface area contributed by atoms with Crippen molar-refractivity contribution in [3.63, 3.8) is 0 Å². The van der Waals surface area contributed by atoms with Crippen LogP contribution in [0.25, 0.3) is 0 Å². The Hall–Kier alpha value is -1.51. The third kappa shape index (κ3) is 7.01. The minimum atomic E-state index is -0.115. The Morgan fingerprint density at radius 3 is 2.62 bits per heavy atom. The van der Waals surface area contributed by atoms with E-state index in [4.69, 9.17) is 28.9 Å². The molecule has 2 aromatic carbocycles. The van der Waals surface area contributed by atoms with Crippen LogP contribution in [0, 0.1) is 0 Å². The fourth-order valence-corrected chi connectivity index (χ4v) is 2.90. The van der Waals surface area contributed by atoms with Crippen molar-refractivity contribution in [1.29, 1.82) is 0 Å². The molecule has 0 fully saturated rings. The number of rotatable bonds is 5. The molecule has 0 aliphatic rings.